The molecule has 0 aromatic carbocycles. The average Bonchev–Trinajstić information content (AvgIpc) is 2.06. The Morgan fingerprint density at radius 2 is 2.00 bits per heavy atom. The molecule has 0 unspecified atom stereocenters. The molecule has 1 aliphatic heterocycles. The number of hydrogen-bond donors (Lipinski definition) is 2. The highest BCUT2D eigenvalue weighted by molar-refractivity contribution is 5.73. The Labute approximate surface area is 101 Å². The van der Waals surface area contributed by atoms with Crippen molar-refractivity contribution in [2.75, 3.05) is 13.1 Å². The molecule has 0 spiro atoms. The third-order valence-electron chi connectivity index (χ3n) is 2.51. The molecule has 6 heteroatoms. The van der Waals surface area contributed by atoms with Gasteiger partial charge in [0.25, 0.3) is 0 Å². The second kappa shape index (κ2) is 4.91. The molecule has 3 N–H and O–H groups in total. The molecule has 1 fully saturated rings. The van der Waals surface area contributed by atoms with Crippen molar-refractivity contribution in [2.45, 2.75) is 38.8 Å². The summed E-state index contributed by atoms with van der Waals surface area (Å²) < 4.78 is 5.18. The van der Waals surface area contributed by atoms with Crippen LogP contribution in [0, 0.1) is 5.92 Å². The van der Waals surface area contributed by atoms with Crippen LogP contribution in [0.1, 0.15) is 27.2 Å². The molecule has 0 aromatic rings. The lowest BCUT2D eigenvalue weighted by Crippen LogP contribution is -2.53. The van der Waals surface area contributed by atoms with Crippen molar-refractivity contribution in [3.63, 3.8) is 0 Å². The van der Waals surface area contributed by atoms with E-state index in [0.29, 0.717) is 19.5 Å². The molecule has 1 rings (SSSR count). The maximum Gasteiger partial charge on any atom is 0.410 e. The van der Waals surface area contributed by atoms with E-state index in [1.54, 1.807) is 4.90 Å². The normalized spacial score (nSPS) is 18.5. The van der Waals surface area contributed by atoms with Gasteiger partial charge in [0.2, 0.25) is 0 Å². The van der Waals surface area contributed by atoms with E-state index in [1.165, 1.54) is 0 Å². The van der Waals surface area contributed by atoms with Crippen LogP contribution in [0.4, 0.5) is 4.79 Å². The fourth-order valence-corrected chi connectivity index (χ4v) is 1.65. The molecule has 1 amide bonds. The second-order valence-electron chi connectivity index (χ2n) is 5.43. The first kappa shape index (κ1) is 13.8. The molecule has 0 radical (unpaired) electrons. The lowest BCUT2D eigenvalue weighted by molar-refractivity contribution is -0.139. The number of amides is 1. The monoisotopic (exact) mass is 244 g/mol. The first-order valence-corrected chi connectivity index (χ1v) is 5.65. The topological polar surface area (TPSA) is 92.9 Å². The van der Waals surface area contributed by atoms with Crippen molar-refractivity contribution in [1.29, 1.82) is 0 Å². The minimum Gasteiger partial charge on any atom is -0.480 e. The van der Waals surface area contributed by atoms with Crippen molar-refractivity contribution < 1.29 is 19.4 Å². The third-order valence-corrected chi connectivity index (χ3v) is 2.51. The van der Waals surface area contributed by atoms with Gasteiger partial charge in [-0.2, -0.15) is 0 Å². The Kier molecular flexibility index (Phi) is 3.98. The Morgan fingerprint density at radius 3 is 2.41 bits per heavy atom. The van der Waals surface area contributed by atoms with E-state index in [0.717, 1.165) is 0 Å². The number of rotatable bonds is 3. The van der Waals surface area contributed by atoms with Gasteiger partial charge in [0.05, 0.1) is 0 Å². The largest absolute Gasteiger partial charge is 0.480 e. The van der Waals surface area contributed by atoms with Crippen molar-refractivity contribution in [3.8, 4) is 0 Å². The van der Waals surface area contributed by atoms with Crippen molar-refractivity contribution in [3.05, 3.63) is 0 Å². The Morgan fingerprint density at radius 1 is 1.47 bits per heavy atom. The number of carboxylic acid groups (broad SMARTS) is 1. The summed E-state index contributed by atoms with van der Waals surface area (Å²) in [5.41, 5.74) is 4.92. The first-order chi connectivity index (χ1) is 7.69. The molecule has 0 saturated carbocycles. The van der Waals surface area contributed by atoms with Gasteiger partial charge in [-0.3, -0.25) is 4.79 Å². The summed E-state index contributed by atoms with van der Waals surface area (Å²) in [6, 6.07) is -0.846. The molecule has 6 nitrogen and oxygen atoms in total. The smallest absolute Gasteiger partial charge is 0.410 e. The lowest BCUT2D eigenvalue weighted by atomic mass is 9.93. The van der Waals surface area contributed by atoms with E-state index in [9.17, 15) is 9.59 Å². The summed E-state index contributed by atoms with van der Waals surface area (Å²) in [5, 5.41) is 8.65. The molecule has 1 saturated heterocycles. The Bertz CT molecular complexity index is 305. The molecule has 1 heterocycles. The second-order valence-corrected chi connectivity index (χ2v) is 5.43. The minimum absolute atomic E-state index is 0.161. The number of carbonyl (C=O) groups excluding carboxylic acids is 1. The molecule has 98 valence electrons. The zero-order valence-electron chi connectivity index (χ0n) is 10.5. The molecule has 1 atom stereocenters. The van der Waals surface area contributed by atoms with Crippen molar-refractivity contribution in [2.24, 2.45) is 11.7 Å². The highest BCUT2D eigenvalue weighted by Gasteiger charge is 2.35. The summed E-state index contributed by atoms with van der Waals surface area (Å²) in [4.78, 5) is 23.7. The van der Waals surface area contributed by atoms with Crippen LogP contribution in [-0.2, 0) is 9.53 Å². The number of carboxylic acids is 1. The molecule has 0 aliphatic carbocycles. The van der Waals surface area contributed by atoms with Crippen LogP contribution in [0.5, 0.6) is 0 Å². The van der Waals surface area contributed by atoms with Crippen molar-refractivity contribution in [1.82, 2.24) is 4.90 Å². The number of nitrogens with zero attached hydrogens (tertiary/aromatic N) is 1. The van der Waals surface area contributed by atoms with Crippen LogP contribution >= 0.6 is 0 Å². The lowest BCUT2D eigenvalue weighted by Gasteiger charge is -2.40. The van der Waals surface area contributed by atoms with Gasteiger partial charge >= 0.3 is 12.1 Å². The zero-order chi connectivity index (χ0) is 13.2. The van der Waals surface area contributed by atoms with E-state index in [4.69, 9.17) is 15.6 Å². The van der Waals surface area contributed by atoms with E-state index >= 15 is 0 Å². The predicted octanol–water partition coefficient (Wildman–Crippen LogP) is 0.655. The number of aliphatic carboxylic acids is 1. The fraction of sp³-hybridized carbons (Fsp3) is 0.818. The first-order valence-electron chi connectivity index (χ1n) is 5.65. The third kappa shape index (κ3) is 4.22. The number of hydrogen-bond acceptors (Lipinski definition) is 4. The van der Waals surface area contributed by atoms with Gasteiger partial charge in [-0.1, -0.05) is 0 Å². The van der Waals surface area contributed by atoms with Gasteiger partial charge in [-0.25, -0.2) is 4.79 Å². The van der Waals surface area contributed by atoms with Crippen LogP contribution in [0.25, 0.3) is 0 Å². The SMILES string of the molecule is CC(C)(C)OC(=O)N1CC(C[C@@H](N)C(=O)O)C1. The van der Waals surface area contributed by atoms with Gasteiger partial charge in [-0.05, 0) is 33.1 Å². The summed E-state index contributed by atoms with van der Waals surface area (Å²) >= 11 is 0. The molecular weight excluding hydrogens is 224 g/mol. The maximum atomic E-state index is 11.6. The number of ether oxygens (including phenoxy) is 1. The maximum absolute atomic E-state index is 11.6. The number of nitrogens with two attached hydrogens (primary N) is 1. The quantitative estimate of drug-likeness (QED) is 0.760. The fourth-order valence-electron chi connectivity index (χ4n) is 1.65. The molecule has 0 bridgehead atoms. The van der Waals surface area contributed by atoms with Gasteiger partial charge in [0, 0.05) is 13.1 Å². The van der Waals surface area contributed by atoms with E-state index in [-0.39, 0.29) is 12.0 Å². The summed E-state index contributed by atoms with van der Waals surface area (Å²) in [5.74, 6) is -0.839. The Hall–Kier alpha value is -1.30. The minimum atomic E-state index is -0.999. The summed E-state index contributed by atoms with van der Waals surface area (Å²) in [7, 11) is 0. The molecule has 0 aromatic heterocycles. The Balaban J connectivity index is 2.27. The van der Waals surface area contributed by atoms with Crippen molar-refractivity contribution >= 4 is 12.1 Å². The van der Waals surface area contributed by atoms with Crippen LogP contribution in [0.3, 0.4) is 0 Å². The van der Waals surface area contributed by atoms with Gasteiger partial charge in [0.15, 0.2) is 0 Å². The molecule has 1 aliphatic rings. The van der Waals surface area contributed by atoms with Gasteiger partial charge in [0.1, 0.15) is 11.6 Å². The highest BCUT2D eigenvalue weighted by Crippen LogP contribution is 2.22. The van der Waals surface area contributed by atoms with Crippen LogP contribution in [0.15, 0.2) is 0 Å². The average molecular weight is 244 g/mol. The van der Waals surface area contributed by atoms with E-state index in [1.807, 2.05) is 20.8 Å². The number of carbonyl (C=O) groups is 2. The van der Waals surface area contributed by atoms with Gasteiger partial charge in [-0.15, -0.1) is 0 Å². The standard InChI is InChI=1S/C11H20N2O4/c1-11(2,3)17-10(16)13-5-7(6-13)4-8(12)9(14)15/h7-8H,4-6,12H2,1-3H3,(H,14,15)/t8-/m1/s1. The summed E-state index contributed by atoms with van der Waals surface area (Å²) in [6.07, 6.45) is 0.0481. The molecular formula is C11H20N2O4. The number of likely N-dealkylation sites (tertiary alicyclic amines) is 1. The summed E-state index contributed by atoms with van der Waals surface area (Å²) in [6.45, 7) is 6.47. The van der Waals surface area contributed by atoms with Crippen LogP contribution in [-0.4, -0.2) is 46.8 Å². The molecule has 17 heavy (non-hydrogen) atoms. The zero-order valence-corrected chi connectivity index (χ0v) is 10.5. The van der Waals surface area contributed by atoms with Crippen LogP contribution in [0.2, 0.25) is 0 Å². The highest BCUT2D eigenvalue weighted by atomic mass is 16.6. The van der Waals surface area contributed by atoms with E-state index < -0.39 is 17.6 Å². The van der Waals surface area contributed by atoms with Crippen LogP contribution < -0.4 is 5.73 Å². The van der Waals surface area contributed by atoms with E-state index in [2.05, 4.69) is 0 Å². The van der Waals surface area contributed by atoms with Gasteiger partial charge < -0.3 is 20.5 Å². The predicted molar refractivity (Wildman–Crippen MR) is 61.5 cm³/mol.